The van der Waals surface area contributed by atoms with Gasteiger partial charge in [0.1, 0.15) is 5.75 Å². The zero-order valence-electron chi connectivity index (χ0n) is 16.3. The number of alkyl halides is 1. The molecule has 0 fully saturated rings. The van der Waals surface area contributed by atoms with Gasteiger partial charge in [0.25, 0.3) is 0 Å². The van der Waals surface area contributed by atoms with Gasteiger partial charge in [-0.15, -0.1) is 11.6 Å². The van der Waals surface area contributed by atoms with Gasteiger partial charge in [-0.05, 0) is 46.4 Å². The normalized spacial score (nSPS) is 11.5. The zero-order chi connectivity index (χ0) is 20.5. The highest BCUT2D eigenvalue weighted by Gasteiger charge is 2.14. The lowest BCUT2D eigenvalue weighted by atomic mass is 9.88. The first kappa shape index (κ1) is 20.7. The molecule has 0 aliphatic carbocycles. The van der Waals surface area contributed by atoms with E-state index in [-0.39, 0.29) is 6.61 Å². The molecule has 4 heteroatoms. The van der Waals surface area contributed by atoms with Crippen LogP contribution in [0.4, 0.5) is 0 Å². The lowest BCUT2D eigenvalue weighted by Gasteiger charge is -2.17. The molecule has 0 spiro atoms. The van der Waals surface area contributed by atoms with E-state index in [1.165, 1.54) is 12.7 Å². The summed E-state index contributed by atoms with van der Waals surface area (Å²) >= 11 is 6.18. The maximum Gasteiger partial charge on any atom is 0.343 e. The summed E-state index contributed by atoms with van der Waals surface area (Å²) in [5.41, 5.74) is 5.66. The van der Waals surface area contributed by atoms with Crippen molar-refractivity contribution in [2.45, 2.75) is 6.42 Å². The molecule has 0 amide bonds. The number of methoxy groups -OCH3 is 1. The summed E-state index contributed by atoms with van der Waals surface area (Å²) in [5, 5.41) is 0. The van der Waals surface area contributed by atoms with E-state index in [0.29, 0.717) is 11.6 Å². The summed E-state index contributed by atoms with van der Waals surface area (Å²) in [5.74, 6) is 0.735. The van der Waals surface area contributed by atoms with Crippen LogP contribution < -0.4 is 4.74 Å². The Morgan fingerprint density at radius 1 is 0.793 bits per heavy atom. The van der Waals surface area contributed by atoms with Gasteiger partial charge in [0.2, 0.25) is 0 Å². The quantitative estimate of drug-likeness (QED) is 0.268. The topological polar surface area (TPSA) is 35.5 Å². The Balaban J connectivity index is 2.05. The van der Waals surface area contributed by atoms with Crippen molar-refractivity contribution in [3.8, 4) is 5.75 Å². The summed E-state index contributed by atoms with van der Waals surface area (Å²) < 4.78 is 10.1. The Hall–Kier alpha value is -3.04. The number of ether oxygens (including phenoxy) is 2. The van der Waals surface area contributed by atoms with E-state index in [4.69, 9.17) is 16.3 Å². The van der Waals surface area contributed by atoms with Crippen LogP contribution in [-0.2, 0) is 9.53 Å². The summed E-state index contributed by atoms with van der Waals surface area (Å²) in [6.45, 7) is -0.112. The molecule has 0 unspecified atom stereocenters. The Morgan fingerprint density at radius 3 is 1.90 bits per heavy atom. The minimum absolute atomic E-state index is 0.112. The molecule has 0 saturated heterocycles. The van der Waals surface area contributed by atoms with Crippen molar-refractivity contribution in [1.29, 1.82) is 0 Å². The third-order valence-corrected chi connectivity index (χ3v) is 4.75. The van der Waals surface area contributed by atoms with Gasteiger partial charge >= 0.3 is 5.97 Å². The maximum atomic E-state index is 11.3. The van der Waals surface area contributed by atoms with Crippen molar-refractivity contribution in [2.24, 2.45) is 0 Å². The predicted molar refractivity (Wildman–Crippen MR) is 118 cm³/mol. The average molecular weight is 407 g/mol. The molecule has 0 aliphatic heterocycles. The zero-order valence-corrected chi connectivity index (χ0v) is 17.1. The first-order chi connectivity index (χ1) is 14.2. The maximum absolute atomic E-state index is 11.3. The van der Waals surface area contributed by atoms with Crippen molar-refractivity contribution in [1.82, 2.24) is 0 Å². The highest BCUT2D eigenvalue weighted by atomic mass is 35.5. The van der Waals surface area contributed by atoms with E-state index >= 15 is 0 Å². The molecule has 0 saturated carbocycles. The first-order valence-electron chi connectivity index (χ1n) is 9.43. The van der Waals surface area contributed by atoms with Crippen molar-refractivity contribution < 1.29 is 14.3 Å². The van der Waals surface area contributed by atoms with Gasteiger partial charge < -0.3 is 9.47 Å². The number of hydrogen-bond donors (Lipinski definition) is 0. The fourth-order valence-electron chi connectivity index (χ4n) is 3.19. The van der Waals surface area contributed by atoms with Crippen LogP contribution in [0.15, 0.2) is 84.9 Å². The second kappa shape index (κ2) is 10.5. The molecule has 0 heterocycles. The minimum Gasteiger partial charge on any atom is -0.482 e. The van der Waals surface area contributed by atoms with E-state index < -0.39 is 5.97 Å². The number of halogens is 1. The molecular weight excluding hydrogens is 384 g/mol. The monoisotopic (exact) mass is 406 g/mol. The van der Waals surface area contributed by atoms with E-state index in [0.717, 1.165) is 28.7 Å². The molecule has 148 valence electrons. The van der Waals surface area contributed by atoms with Crippen LogP contribution in [0.3, 0.4) is 0 Å². The molecule has 3 aromatic carbocycles. The molecule has 0 N–H and O–H groups in total. The Bertz CT molecular complexity index is 948. The number of allylic oxidation sites excluding steroid dienone is 1. The van der Waals surface area contributed by atoms with Crippen molar-refractivity contribution in [3.05, 3.63) is 102 Å². The van der Waals surface area contributed by atoms with E-state index in [2.05, 4.69) is 29.0 Å². The van der Waals surface area contributed by atoms with Crippen molar-refractivity contribution in [2.75, 3.05) is 19.6 Å². The molecule has 0 aromatic heterocycles. The summed E-state index contributed by atoms with van der Waals surface area (Å²) in [7, 11) is 1.34. The molecule has 0 atom stereocenters. The molecule has 3 rings (SSSR count). The molecule has 3 nitrogen and oxygen atoms in total. The second-order valence-electron chi connectivity index (χ2n) is 6.41. The predicted octanol–water partition coefficient (Wildman–Crippen LogP) is 5.83. The number of benzene rings is 3. The lowest BCUT2D eigenvalue weighted by Crippen LogP contribution is -2.12. The van der Waals surface area contributed by atoms with Crippen LogP contribution >= 0.6 is 11.6 Å². The second-order valence-corrected chi connectivity index (χ2v) is 6.79. The van der Waals surface area contributed by atoms with Gasteiger partial charge in [-0.3, -0.25) is 0 Å². The van der Waals surface area contributed by atoms with Crippen LogP contribution in [0.2, 0.25) is 0 Å². The van der Waals surface area contributed by atoms with E-state index in [1.807, 2.05) is 60.7 Å². The van der Waals surface area contributed by atoms with Crippen LogP contribution in [-0.4, -0.2) is 25.6 Å². The third-order valence-electron chi connectivity index (χ3n) is 4.56. The molecule has 3 aromatic rings. The van der Waals surface area contributed by atoms with Crippen LogP contribution in [0.25, 0.3) is 11.1 Å². The van der Waals surface area contributed by atoms with Crippen LogP contribution in [0.5, 0.6) is 5.75 Å². The van der Waals surface area contributed by atoms with E-state index in [1.54, 1.807) is 0 Å². The third kappa shape index (κ3) is 5.49. The number of hydrogen-bond acceptors (Lipinski definition) is 3. The Morgan fingerprint density at radius 2 is 1.34 bits per heavy atom. The molecule has 0 bridgehead atoms. The smallest absolute Gasteiger partial charge is 0.343 e. The minimum atomic E-state index is -0.410. The van der Waals surface area contributed by atoms with Gasteiger partial charge in [0.15, 0.2) is 6.61 Å². The number of carbonyl (C=O) groups is 1. The van der Waals surface area contributed by atoms with Gasteiger partial charge in [-0.1, -0.05) is 72.8 Å². The standard InChI is InChI=1S/C25H23ClO3/c1-28-24(27)18-29-22-14-12-21(13-15-22)25(20-10-6-3-7-11-20)23(16-17-26)19-8-4-2-5-9-19/h2-15H,16-18H2,1H3/b25-23-. The Labute approximate surface area is 176 Å². The highest BCUT2D eigenvalue weighted by Crippen LogP contribution is 2.35. The molecule has 0 aliphatic rings. The largest absolute Gasteiger partial charge is 0.482 e. The number of carbonyl (C=O) groups excluding carboxylic acids is 1. The van der Waals surface area contributed by atoms with Crippen LogP contribution in [0.1, 0.15) is 23.1 Å². The van der Waals surface area contributed by atoms with Gasteiger partial charge in [0, 0.05) is 5.88 Å². The SMILES string of the molecule is COC(=O)COc1ccc(/C(=C(/CCCl)c2ccccc2)c2ccccc2)cc1. The molecule has 29 heavy (non-hydrogen) atoms. The highest BCUT2D eigenvalue weighted by molar-refractivity contribution is 6.18. The fourth-order valence-corrected chi connectivity index (χ4v) is 3.38. The fraction of sp³-hybridized carbons (Fsp3) is 0.160. The van der Waals surface area contributed by atoms with Gasteiger partial charge in [-0.2, -0.15) is 0 Å². The first-order valence-corrected chi connectivity index (χ1v) is 9.96. The number of rotatable bonds is 8. The average Bonchev–Trinajstić information content (AvgIpc) is 2.79. The molecular formula is C25H23ClO3. The van der Waals surface area contributed by atoms with Gasteiger partial charge in [0.05, 0.1) is 7.11 Å². The van der Waals surface area contributed by atoms with Gasteiger partial charge in [-0.25, -0.2) is 4.79 Å². The van der Waals surface area contributed by atoms with Crippen molar-refractivity contribution >= 4 is 28.7 Å². The van der Waals surface area contributed by atoms with E-state index in [9.17, 15) is 4.79 Å². The summed E-state index contributed by atoms with van der Waals surface area (Å²) in [6, 6.07) is 28.3. The summed E-state index contributed by atoms with van der Waals surface area (Å²) in [6.07, 6.45) is 0.746. The lowest BCUT2D eigenvalue weighted by molar-refractivity contribution is -0.142. The summed E-state index contributed by atoms with van der Waals surface area (Å²) in [4.78, 5) is 11.3. The molecule has 0 radical (unpaired) electrons. The van der Waals surface area contributed by atoms with Crippen molar-refractivity contribution in [3.63, 3.8) is 0 Å². The Kier molecular flexibility index (Phi) is 7.48. The number of esters is 1. The van der Waals surface area contributed by atoms with Crippen LogP contribution in [0, 0.1) is 0 Å².